The largest absolute Gasteiger partial charge is 0.493 e. The van der Waals surface area contributed by atoms with E-state index >= 15 is 0 Å². The lowest BCUT2D eigenvalue weighted by molar-refractivity contribution is -0.123. The summed E-state index contributed by atoms with van der Waals surface area (Å²) in [6.45, 7) is 3.83. The molecule has 7 nitrogen and oxygen atoms in total. The molecule has 0 atom stereocenters. The second-order valence-corrected chi connectivity index (χ2v) is 8.05. The van der Waals surface area contributed by atoms with Crippen LogP contribution in [0.3, 0.4) is 0 Å². The molecule has 0 radical (unpaired) electrons. The monoisotopic (exact) mass is 510 g/mol. The van der Waals surface area contributed by atoms with E-state index in [9.17, 15) is 9.59 Å². The van der Waals surface area contributed by atoms with Crippen molar-refractivity contribution in [2.45, 2.75) is 13.8 Å². The highest BCUT2D eigenvalue weighted by Gasteiger charge is 2.13. The number of hydrogen-bond acceptors (Lipinski definition) is 6. The van der Waals surface area contributed by atoms with Crippen LogP contribution in [0.15, 0.2) is 70.2 Å². The molecular weight excluding hydrogens is 488 g/mol. The van der Waals surface area contributed by atoms with Crippen molar-refractivity contribution in [1.82, 2.24) is 5.43 Å². The van der Waals surface area contributed by atoms with Gasteiger partial charge in [-0.05, 0) is 85.1 Å². The fraction of sp³-hybridized carbons (Fsp3) is 0.160. The van der Waals surface area contributed by atoms with Gasteiger partial charge in [0.05, 0.1) is 18.9 Å². The number of nitrogens with one attached hydrogen (secondary N) is 1. The Bertz CT molecular complexity index is 1180. The zero-order valence-electron chi connectivity index (χ0n) is 18.4. The molecule has 0 bridgehead atoms. The topological polar surface area (TPSA) is 86.2 Å². The molecule has 0 aliphatic heterocycles. The maximum Gasteiger partial charge on any atom is 0.343 e. The van der Waals surface area contributed by atoms with Crippen LogP contribution in [0.1, 0.15) is 27.0 Å². The number of benzene rings is 3. The van der Waals surface area contributed by atoms with E-state index in [1.807, 2.05) is 32.0 Å². The number of carbonyl (C=O) groups excluding carboxylic acids is 2. The molecule has 0 saturated heterocycles. The van der Waals surface area contributed by atoms with E-state index in [2.05, 4.69) is 26.5 Å². The van der Waals surface area contributed by atoms with E-state index in [-0.39, 0.29) is 12.4 Å². The SMILES string of the molecule is COc1cc(/C=N\NC(=O)COc2ccc(C)c(C)c2)ccc1OC(=O)c1ccc(Br)cc1. The molecule has 1 amide bonds. The Morgan fingerprint density at radius 3 is 2.42 bits per heavy atom. The third-order valence-corrected chi connectivity index (χ3v) is 5.25. The predicted octanol–water partition coefficient (Wildman–Crippen LogP) is 4.82. The average Bonchev–Trinajstić information content (AvgIpc) is 2.81. The second kappa shape index (κ2) is 11.3. The maximum absolute atomic E-state index is 12.3. The van der Waals surface area contributed by atoms with Gasteiger partial charge in [0.25, 0.3) is 5.91 Å². The summed E-state index contributed by atoms with van der Waals surface area (Å²) in [4.78, 5) is 24.3. The predicted molar refractivity (Wildman–Crippen MR) is 129 cm³/mol. The molecule has 0 aliphatic rings. The van der Waals surface area contributed by atoms with Crippen LogP contribution in [0, 0.1) is 13.8 Å². The number of methoxy groups -OCH3 is 1. The normalized spacial score (nSPS) is 10.7. The lowest BCUT2D eigenvalue weighted by Crippen LogP contribution is -2.24. The van der Waals surface area contributed by atoms with Gasteiger partial charge in [0.2, 0.25) is 0 Å². The molecule has 0 aliphatic carbocycles. The summed E-state index contributed by atoms with van der Waals surface area (Å²) in [6.07, 6.45) is 1.46. The third-order valence-electron chi connectivity index (χ3n) is 4.72. The molecule has 3 rings (SSSR count). The van der Waals surface area contributed by atoms with Gasteiger partial charge in [0, 0.05) is 4.47 Å². The Kier molecular flexibility index (Phi) is 8.21. The lowest BCUT2D eigenvalue weighted by atomic mass is 10.1. The summed E-state index contributed by atoms with van der Waals surface area (Å²) in [5, 5.41) is 3.94. The third kappa shape index (κ3) is 6.92. The summed E-state index contributed by atoms with van der Waals surface area (Å²) in [7, 11) is 1.47. The van der Waals surface area contributed by atoms with Crippen molar-refractivity contribution in [2.75, 3.05) is 13.7 Å². The fourth-order valence-corrected chi connectivity index (χ4v) is 3.02. The highest BCUT2D eigenvalue weighted by molar-refractivity contribution is 9.10. The van der Waals surface area contributed by atoms with E-state index in [1.165, 1.54) is 13.3 Å². The zero-order valence-corrected chi connectivity index (χ0v) is 20.0. The number of hydrazone groups is 1. The number of amides is 1. The van der Waals surface area contributed by atoms with Crippen LogP contribution in [0.5, 0.6) is 17.2 Å². The Morgan fingerprint density at radius 1 is 0.970 bits per heavy atom. The van der Waals surface area contributed by atoms with Crippen LogP contribution in [-0.4, -0.2) is 31.8 Å². The quantitative estimate of drug-likeness (QED) is 0.203. The highest BCUT2D eigenvalue weighted by Crippen LogP contribution is 2.28. The van der Waals surface area contributed by atoms with E-state index in [0.717, 1.165) is 15.6 Å². The Labute approximate surface area is 200 Å². The molecule has 3 aromatic carbocycles. The number of aryl methyl sites for hydroxylation is 2. The van der Waals surface area contributed by atoms with Gasteiger partial charge in [-0.15, -0.1) is 0 Å². The minimum absolute atomic E-state index is 0.159. The summed E-state index contributed by atoms with van der Waals surface area (Å²) in [6, 6.07) is 17.4. The maximum atomic E-state index is 12.3. The molecule has 33 heavy (non-hydrogen) atoms. The summed E-state index contributed by atoms with van der Waals surface area (Å²) in [5.74, 6) is 0.354. The molecule has 3 aromatic rings. The van der Waals surface area contributed by atoms with Gasteiger partial charge in [-0.25, -0.2) is 10.2 Å². The van der Waals surface area contributed by atoms with Crippen LogP contribution in [0.4, 0.5) is 0 Å². The standard InChI is InChI=1S/C25H23BrN2O5/c1-16-4-10-21(12-17(16)2)32-15-24(29)28-27-14-18-5-11-22(23(13-18)31-3)33-25(30)19-6-8-20(26)9-7-19/h4-14H,15H2,1-3H3,(H,28,29)/b27-14-. The van der Waals surface area contributed by atoms with E-state index in [4.69, 9.17) is 14.2 Å². The van der Waals surface area contributed by atoms with Gasteiger partial charge >= 0.3 is 5.97 Å². The smallest absolute Gasteiger partial charge is 0.343 e. The van der Waals surface area contributed by atoms with E-state index in [1.54, 1.807) is 42.5 Å². The Morgan fingerprint density at radius 2 is 1.73 bits per heavy atom. The minimum Gasteiger partial charge on any atom is -0.493 e. The van der Waals surface area contributed by atoms with Crippen molar-refractivity contribution in [3.8, 4) is 17.2 Å². The molecule has 0 spiro atoms. The molecule has 0 saturated carbocycles. The number of nitrogens with zero attached hydrogens (tertiary/aromatic N) is 1. The van der Waals surface area contributed by atoms with Gasteiger partial charge < -0.3 is 14.2 Å². The van der Waals surface area contributed by atoms with Gasteiger partial charge in [-0.1, -0.05) is 22.0 Å². The van der Waals surface area contributed by atoms with Crippen molar-refractivity contribution >= 4 is 34.0 Å². The first-order valence-corrected chi connectivity index (χ1v) is 10.8. The molecule has 0 heterocycles. The molecule has 0 unspecified atom stereocenters. The van der Waals surface area contributed by atoms with Gasteiger partial charge in [0.15, 0.2) is 18.1 Å². The van der Waals surface area contributed by atoms with Crippen LogP contribution in [0.2, 0.25) is 0 Å². The number of ether oxygens (including phenoxy) is 3. The number of halogens is 1. The summed E-state index contributed by atoms with van der Waals surface area (Å²) in [5.41, 5.74) is 5.71. The zero-order chi connectivity index (χ0) is 23.8. The first-order chi connectivity index (χ1) is 15.9. The molecule has 170 valence electrons. The highest BCUT2D eigenvalue weighted by atomic mass is 79.9. The lowest BCUT2D eigenvalue weighted by Gasteiger charge is -2.10. The van der Waals surface area contributed by atoms with Crippen molar-refractivity contribution < 1.29 is 23.8 Å². The van der Waals surface area contributed by atoms with Crippen LogP contribution < -0.4 is 19.6 Å². The fourth-order valence-electron chi connectivity index (χ4n) is 2.76. The number of hydrogen-bond donors (Lipinski definition) is 1. The Hall–Kier alpha value is -3.65. The van der Waals surface area contributed by atoms with Gasteiger partial charge in [-0.2, -0.15) is 5.10 Å². The number of esters is 1. The number of rotatable bonds is 8. The van der Waals surface area contributed by atoms with Crippen LogP contribution in [0.25, 0.3) is 0 Å². The van der Waals surface area contributed by atoms with Crippen LogP contribution >= 0.6 is 15.9 Å². The second-order valence-electron chi connectivity index (χ2n) is 7.13. The van der Waals surface area contributed by atoms with Crippen molar-refractivity contribution in [1.29, 1.82) is 0 Å². The minimum atomic E-state index is -0.502. The summed E-state index contributed by atoms with van der Waals surface area (Å²) >= 11 is 3.33. The molecule has 8 heteroatoms. The van der Waals surface area contributed by atoms with E-state index in [0.29, 0.717) is 22.6 Å². The number of carbonyl (C=O) groups is 2. The van der Waals surface area contributed by atoms with Gasteiger partial charge in [-0.3, -0.25) is 4.79 Å². The molecule has 0 aromatic heterocycles. The van der Waals surface area contributed by atoms with Crippen LogP contribution in [-0.2, 0) is 4.79 Å². The van der Waals surface area contributed by atoms with E-state index < -0.39 is 11.9 Å². The molecular formula is C25H23BrN2O5. The van der Waals surface area contributed by atoms with Crippen molar-refractivity contribution in [3.05, 3.63) is 87.4 Å². The average molecular weight is 511 g/mol. The Balaban J connectivity index is 1.56. The first kappa shape index (κ1) is 24.0. The van der Waals surface area contributed by atoms with Crippen molar-refractivity contribution in [2.24, 2.45) is 5.10 Å². The molecule has 0 fully saturated rings. The van der Waals surface area contributed by atoms with Gasteiger partial charge in [0.1, 0.15) is 5.75 Å². The summed E-state index contributed by atoms with van der Waals surface area (Å²) < 4.78 is 17.1. The first-order valence-electron chi connectivity index (χ1n) is 10.0. The molecule has 1 N–H and O–H groups in total. The van der Waals surface area contributed by atoms with Crippen molar-refractivity contribution in [3.63, 3.8) is 0 Å².